The Kier molecular flexibility index (Phi) is 8.24. The van der Waals surface area contributed by atoms with Crippen molar-refractivity contribution < 1.29 is 4.79 Å². The average molecular weight is 414 g/mol. The van der Waals surface area contributed by atoms with Crippen LogP contribution >= 0.6 is 12.4 Å². The number of carbonyl (C=O) groups is 1. The molecule has 6 nitrogen and oxygen atoms in total. The van der Waals surface area contributed by atoms with Gasteiger partial charge in [-0.15, -0.1) is 12.4 Å². The Hall–Kier alpha value is -2.83. The largest absolute Gasteiger partial charge is 0.350 e. The number of carbonyl (C=O) groups excluding carboxylic acids is 1. The van der Waals surface area contributed by atoms with Crippen molar-refractivity contribution in [2.75, 3.05) is 18.5 Å². The minimum absolute atomic E-state index is 0. The number of nitrogens with one attached hydrogen (secondary N) is 2. The molecule has 7 heteroatoms. The average Bonchev–Trinajstić information content (AvgIpc) is 3.15. The smallest absolute Gasteiger partial charge is 0.242 e. The fraction of sp³-hybridized carbons (Fsp3) is 0.273. The van der Waals surface area contributed by atoms with Gasteiger partial charge >= 0.3 is 0 Å². The molecule has 1 amide bonds. The van der Waals surface area contributed by atoms with Crippen LogP contribution in [0.2, 0.25) is 0 Å². The first-order chi connectivity index (χ1) is 13.6. The number of benzene rings is 2. The van der Waals surface area contributed by atoms with Crippen molar-refractivity contribution in [3.63, 3.8) is 0 Å². The molecule has 0 radical (unpaired) electrons. The maximum absolute atomic E-state index is 12.5. The summed E-state index contributed by atoms with van der Waals surface area (Å²) >= 11 is 0. The maximum atomic E-state index is 12.5. The highest BCUT2D eigenvalue weighted by Crippen LogP contribution is 2.25. The highest BCUT2D eigenvalue weighted by atomic mass is 35.5. The molecule has 0 aliphatic heterocycles. The third kappa shape index (κ3) is 5.59. The number of rotatable bonds is 8. The van der Waals surface area contributed by atoms with E-state index < -0.39 is 6.04 Å². The molecule has 3 aromatic rings. The van der Waals surface area contributed by atoms with Crippen molar-refractivity contribution in [2.45, 2.75) is 19.5 Å². The van der Waals surface area contributed by atoms with Gasteiger partial charge in [0.05, 0.1) is 6.20 Å². The number of aromatic nitrogens is 2. The fourth-order valence-corrected chi connectivity index (χ4v) is 3.25. The highest BCUT2D eigenvalue weighted by molar-refractivity contribution is 5.85. The van der Waals surface area contributed by atoms with Crippen molar-refractivity contribution >= 4 is 29.7 Å². The van der Waals surface area contributed by atoms with Crippen LogP contribution in [-0.4, -0.2) is 29.3 Å². The van der Waals surface area contributed by atoms with Gasteiger partial charge in [-0.2, -0.15) is 5.10 Å². The van der Waals surface area contributed by atoms with Gasteiger partial charge in [-0.3, -0.25) is 9.48 Å². The van der Waals surface area contributed by atoms with E-state index in [1.54, 1.807) is 17.9 Å². The minimum atomic E-state index is -0.415. The van der Waals surface area contributed by atoms with Gasteiger partial charge in [-0.05, 0) is 43.8 Å². The Morgan fingerprint density at radius 2 is 1.76 bits per heavy atom. The van der Waals surface area contributed by atoms with Gasteiger partial charge in [0.1, 0.15) is 6.04 Å². The second-order valence-electron chi connectivity index (χ2n) is 6.63. The van der Waals surface area contributed by atoms with E-state index in [0.717, 1.165) is 23.4 Å². The number of amides is 1. The molecule has 1 aromatic heterocycles. The zero-order chi connectivity index (χ0) is 19.9. The molecule has 0 saturated carbocycles. The summed E-state index contributed by atoms with van der Waals surface area (Å²) < 4.78 is 1.69. The lowest BCUT2D eigenvalue weighted by Gasteiger charge is -2.23. The number of hydrogen-bond donors (Lipinski definition) is 2. The van der Waals surface area contributed by atoms with Crippen LogP contribution in [0.15, 0.2) is 67.0 Å². The second kappa shape index (κ2) is 10.6. The molecule has 2 aromatic carbocycles. The predicted molar refractivity (Wildman–Crippen MR) is 120 cm³/mol. The molecule has 0 bridgehead atoms. The van der Waals surface area contributed by atoms with E-state index in [9.17, 15) is 4.79 Å². The lowest BCUT2D eigenvalue weighted by molar-refractivity contribution is -0.123. The number of likely N-dealkylation sites (N-methyl/N-ethyl adjacent to an activating group) is 1. The number of halogens is 1. The zero-order valence-corrected chi connectivity index (χ0v) is 17.8. The summed E-state index contributed by atoms with van der Waals surface area (Å²) in [4.78, 5) is 14.8. The van der Waals surface area contributed by atoms with Crippen molar-refractivity contribution in [2.24, 2.45) is 7.05 Å². The normalized spacial score (nSPS) is 11.4. The zero-order valence-electron chi connectivity index (χ0n) is 17.0. The third-order valence-electron chi connectivity index (χ3n) is 4.71. The van der Waals surface area contributed by atoms with Gasteiger partial charge in [-0.1, -0.05) is 30.3 Å². The van der Waals surface area contributed by atoms with E-state index in [1.807, 2.05) is 31.4 Å². The fourth-order valence-electron chi connectivity index (χ4n) is 3.25. The first-order valence-electron chi connectivity index (χ1n) is 9.47. The molecule has 0 aliphatic rings. The van der Waals surface area contributed by atoms with E-state index in [4.69, 9.17) is 0 Å². The molecule has 0 fully saturated rings. The Morgan fingerprint density at radius 3 is 2.31 bits per heavy atom. The summed E-state index contributed by atoms with van der Waals surface area (Å²) in [5.41, 5.74) is 4.20. The van der Waals surface area contributed by atoms with Crippen LogP contribution in [0.25, 0.3) is 0 Å². The van der Waals surface area contributed by atoms with Crippen LogP contribution in [0.5, 0.6) is 0 Å². The van der Waals surface area contributed by atoms with Crippen molar-refractivity contribution in [1.29, 1.82) is 0 Å². The van der Waals surface area contributed by atoms with Crippen LogP contribution in [0.1, 0.15) is 24.1 Å². The molecular weight excluding hydrogens is 386 g/mol. The van der Waals surface area contributed by atoms with E-state index >= 15 is 0 Å². The predicted octanol–water partition coefficient (Wildman–Crippen LogP) is 3.58. The number of anilines is 2. The van der Waals surface area contributed by atoms with Gasteiger partial charge in [0.25, 0.3) is 0 Å². The molecule has 154 valence electrons. The topological polar surface area (TPSA) is 62.2 Å². The Balaban J connectivity index is 0.00000300. The Bertz CT molecular complexity index is 895. The van der Waals surface area contributed by atoms with E-state index in [2.05, 4.69) is 64.0 Å². The van der Waals surface area contributed by atoms with Crippen LogP contribution in [-0.2, 0) is 18.4 Å². The van der Waals surface area contributed by atoms with Crippen molar-refractivity contribution in [1.82, 2.24) is 20.4 Å². The Morgan fingerprint density at radius 1 is 1.10 bits per heavy atom. The molecule has 0 saturated heterocycles. The van der Waals surface area contributed by atoms with E-state index in [0.29, 0.717) is 6.54 Å². The van der Waals surface area contributed by atoms with Crippen LogP contribution in [0.3, 0.4) is 0 Å². The number of para-hydroxylation sites is 1. The van der Waals surface area contributed by atoms with Crippen LogP contribution in [0, 0.1) is 0 Å². The quantitative estimate of drug-likeness (QED) is 0.592. The highest BCUT2D eigenvalue weighted by Gasteiger charge is 2.19. The van der Waals surface area contributed by atoms with Gasteiger partial charge < -0.3 is 15.5 Å². The van der Waals surface area contributed by atoms with Crippen molar-refractivity contribution in [3.8, 4) is 0 Å². The van der Waals surface area contributed by atoms with E-state index in [-0.39, 0.29) is 18.3 Å². The van der Waals surface area contributed by atoms with Gasteiger partial charge in [-0.25, -0.2) is 0 Å². The molecule has 3 rings (SSSR count). The summed E-state index contributed by atoms with van der Waals surface area (Å²) in [5.74, 6) is -0.0703. The molecule has 0 spiro atoms. The minimum Gasteiger partial charge on any atom is -0.350 e. The second-order valence-corrected chi connectivity index (χ2v) is 6.63. The standard InChI is InChI=1S/C22H27N5O.ClH/c1-4-27(19-8-6-5-7-9-19)20-12-10-17(11-13-20)14-24-22(28)21(23-2)18-15-25-26(3)16-18;/h5-13,15-16,21,23H,4,14H2,1-3H3,(H,24,28);1H. The monoisotopic (exact) mass is 413 g/mol. The summed E-state index contributed by atoms with van der Waals surface area (Å²) in [5, 5.41) is 10.2. The molecule has 2 N–H and O–H groups in total. The molecule has 1 heterocycles. The number of nitrogens with zero attached hydrogens (tertiary/aromatic N) is 3. The Labute approximate surface area is 178 Å². The van der Waals surface area contributed by atoms with E-state index in [1.165, 1.54) is 5.69 Å². The SMILES string of the molecule is CCN(c1ccccc1)c1ccc(CNC(=O)C(NC)c2cnn(C)c2)cc1.Cl. The molecule has 29 heavy (non-hydrogen) atoms. The first kappa shape index (κ1) is 22.5. The first-order valence-corrected chi connectivity index (χ1v) is 9.47. The molecule has 1 atom stereocenters. The molecule has 1 unspecified atom stereocenters. The van der Waals surface area contributed by atoms with Gasteiger partial charge in [0.15, 0.2) is 0 Å². The maximum Gasteiger partial charge on any atom is 0.242 e. The molecular formula is C22H28ClN5O. The summed E-state index contributed by atoms with van der Waals surface area (Å²) in [6, 6.07) is 18.2. The van der Waals surface area contributed by atoms with Crippen LogP contribution < -0.4 is 15.5 Å². The summed E-state index contributed by atoms with van der Waals surface area (Å²) in [6.45, 7) is 3.50. The van der Waals surface area contributed by atoms with Crippen molar-refractivity contribution in [3.05, 3.63) is 78.1 Å². The summed E-state index contributed by atoms with van der Waals surface area (Å²) in [6.07, 6.45) is 3.55. The van der Waals surface area contributed by atoms with Gasteiger partial charge in [0, 0.05) is 43.3 Å². The van der Waals surface area contributed by atoms with Crippen LogP contribution in [0.4, 0.5) is 11.4 Å². The number of aryl methyl sites for hydroxylation is 1. The number of hydrogen-bond acceptors (Lipinski definition) is 4. The lowest BCUT2D eigenvalue weighted by Crippen LogP contribution is -2.35. The molecule has 0 aliphatic carbocycles. The third-order valence-corrected chi connectivity index (χ3v) is 4.71. The van der Waals surface area contributed by atoms with Gasteiger partial charge in [0.2, 0.25) is 5.91 Å². The lowest BCUT2D eigenvalue weighted by atomic mass is 10.1. The summed E-state index contributed by atoms with van der Waals surface area (Å²) in [7, 11) is 3.61.